The van der Waals surface area contributed by atoms with Crippen LogP contribution in [-0.4, -0.2) is 24.1 Å². The Morgan fingerprint density at radius 1 is 1.32 bits per heavy atom. The maximum absolute atomic E-state index is 11.7. The quantitative estimate of drug-likeness (QED) is 0.789. The molecular weight excluding hydrogens is 246 g/mol. The standard InChI is InChI=1S/C14H19NO4/c1-4-18-13(17)14(2,3)19-11-7-5-6-10(8-11)9-12(15)16/h5-8H,4,9H2,1-3H3,(H2,15,16). The van der Waals surface area contributed by atoms with E-state index in [2.05, 4.69) is 0 Å². The average molecular weight is 265 g/mol. The van der Waals surface area contributed by atoms with Gasteiger partial charge in [0, 0.05) is 0 Å². The molecule has 19 heavy (non-hydrogen) atoms. The molecule has 0 saturated carbocycles. The minimum Gasteiger partial charge on any atom is -0.476 e. The molecule has 0 atom stereocenters. The lowest BCUT2D eigenvalue weighted by Gasteiger charge is -2.24. The lowest BCUT2D eigenvalue weighted by Crippen LogP contribution is -2.39. The van der Waals surface area contributed by atoms with E-state index in [1.165, 1.54) is 0 Å². The van der Waals surface area contributed by atoms with E-state index in [1.807, 2.05) is 0 Å². The summed E-state index contributed by atoms with van der Waals surface area (Å²) in [7, 11) is 0. The van der Waals surface area contributed by atoms with Crippen molar-refractivity contribution in [2.75, 3.05) is 6.61 Å². The zero-order valence-electron chi connectivity index (χ0n) is 11.4. The lowest BCUT2D eigenvalue weighted by molar-refractivity contribution is -0.158. The number of nitrogens with two attached hydrogens (primary N) is 1. The molecule has 0 heterocycles. The first-order valence-electron chi connectivity index (χ1n) is 6.08. The largest absolute Gasteiger partial charge is 0.476 e. The molecule has 5 nitrogen and oxygen atoms in total. The summed E-state index contributed by atoms with van der Waals surface area (Å²) >= 11 is 0. The van der Waals surface area contributed by atoms with E-state index in [-0.39, 0.29) is 6.42 Å². The Kier molecular flexibility index (Phi) is 4.92. The smallest absolute Gasteiger partial charge is 0.349 e. The second kappa shape index (κ2) is 6.22. The third-order valence-electron chi connectivity index (χ3n) is 2.42. The highest BCUT2D eigenvalue weighted by atomic mass is 16.6. The molecule has 0 aliphatic carbocycles. The van der Waals surface area contributed by atoms with Gasteiger partial charge in [0.25, 0.3) is 0 Å². The zero-order chi connectivity index (χ0) is 14.5. The second-order valence-electron chi connectivity index (χ2n) is 4.62. The van der Waals surface area contributed by atoms with Crippen molar-refractivity contribution in [3.8, 4) is 5.75 Å². The SMILES string of the molecule is CCOC(=O)C(C)(C)Oc1cccc(CC(N)=O)c1. The first kappa shape index (κ1) is 15.0. The molecule has 1 aromatic carbocycles. The Morgan fingerprint density at radius 2 is 2.00 bits per heavy atom. The zero-order valence-corrected chi connectivity index (χ0v) is 11.4. The van der Waals surface area contributed by atoms with Crippen LogP contribution in [0.2, 0.25) is 0 Å². The second-order valence-corrected chi connectivity index (χ2v) is 4.62. The van der Waals surface area contributed by atoms with Crippen molar-refractivity contribution in [3.05, 3.63) is 29.8 Å². The van der Waals surface area contributed by atoms with E-state index in [1.54, 1.807) is 45.0 Å². The summed E-state index contributed by atoms with van der Waals surface area (Å²) in [6.07, 6.45) is 0.136. The minimum absolute atomic E-state index is 0.136. The topological polar surface area (TPSA) is 78.6 Å². The van der Waals surface area contributed by atoms with Crippen molar-refractivity contribution in [2.24, 2.45) is 5.73 Å². The molecule has 0 radical (unpaired) electrons. The monoisotopic (exact) mass is 265 g/mol. The van der Waals surface area contributed by atoms with E-state index in [0.717, 1.165) is 5.56 Å². The molecule has 5 heteroatoms. The highest BCUT2D eigenvalue weighted by molar-refractivity contribution is 5.79. The molecule has 0 saturated heterocycles. The summed E-state index contributed by atoms with van der Waals surface area (Å²) in [6, 6.07) is 6.92. The number of primary amides is 1. The fourth-order valence-electron chi connectivity index (χ4n) is 1.56. The molecule has 1 aromatic rings. The molecule has 0 fully saturated rings. The Hall–Kier alpha value is -2.04. The number of carbonyl (C=O) groups is 2. The molecule has 0 unspecified atom stereocenters. The molecule has 0 spiro atoms. The summed E-state index contributed by atoms with van der Waals surface area (Å²) in [5, 5.41) is 0. The van der Waals surface area contributed by atoms with Gasteiger partial charge < -0.3 is 15.2 Å². The van der Waals surface area contributed by atoms with Crippen LogP contribution >= 0.6 is 0 Å². The number of esters is 1. The number of ether oxygens (including phenoxy) is 2. The maximum atomic E-state index is 11.7. The van der Waals surface area contributed by atoms with Gasteiger partial charge in [0.15, 0.2) is 5.60 Å². The van der Waals surface area contributed by atoms with Gasteiger partial charge in [0.05, 0.1) is 13.0 Å². The molecule has 104 valence electrons. The van der Waals surface area contributed by atoms with Gasteiger partial charge in [-0.25, -0.2) is 4.79 Å². The first-order valence-corrected chi connectivity index (χ1v) is 6.08. The van der Waals surface area contributed by atoms with Gasteiger partial charge in [-0.3, -0.25) is 4.79 Å². The van der Waals surface area contributed by atoms with Crippen LogP contribution in [0, 0.1) is 0 Å². The van der Waals surface area contributed by atoms with Gasteiger partial charge in [-0.1, -0.05) is 12.1 Å². The van der Waals surface area contributed by atoms with Crippen molar-refractivity contribution in [1.29, 1.82) is 0 Å². The van der Waals surface area contributed by atoms with E-state index in [4.69, 9.17) is 15.2 Å². The minimum atomic E-state index is -1.08. The summed E-state index contributed by atoms with van der Waals surface area (Å²) in [4.78, 5) is 22.6. The van der Waals surface area contributed by atoms with E-state index in [0.29, 0.717) is 12.4 Å². The number of hydrogen-bond acceptors (Lipinski definition) is 4. The summed E-state index contributed by atoms with van der Waals surface area (Å²) < 4.78 is 10.5. The van der Waals surface area contributed by atoms with E-state index >= 15 is 0 Å². The number of amides is 1. The van der Waals surface area contributed by atoms with Crippen molar-refractivity contribution in [3.63, 3.8) is 0 Å². The lowest BCUT2D eigenvalue weighted by atomic mass is 10.1. The van der Waals surface area contributed by atoms with Gasteiger partial charge in [-0.2, -0.15) is 0 Å². The number of carbonyl (C=O) groups excluding carboxylic acids is 2. The predicted octanol–water partition coefficient (Wildman–Crippen LogP) is 1.43. The van der Waals surface area contributed by atoms with Crippen LogP contribution in [0.25, 0.3) is 0 Å². The van der Waals surface area contributed by atoms with Crippen LogP contribution in [0.1, 0.15) is 26.3 Å². The highest BCUT2D eigenvalue weighted by Gasteiger charge is 2.31. The summed E-state index contributed by atoms with van der Waals surface area (Å²) in [5.74, 6) is -0.353. The van der Waals surface area contributed by atoms with Gasteiger partial charge >= 0.3 is 5.97 Å². The Morgan fingerprint density at radius 3 is 2.58 bits per heavy atom. The third-order valence-corrected chi connectivity index (χ3v) is 2.42. The van der Waals surface area contributed by atoms with Crippen LogP contribution in [-0.2, 0) is 20.7 Å². The van der Waals surface area contributed by atoms with Crippen LogP contribution < -0.4 is 10.5 Å². The van der Waals surface area contributed by atoms with Gasteiger partial charge in [0.2, 0.25) is 5.91 Å². The molecule has 1 amide bonds. The molecular formula is C14H19NO4. The van der Waals surface area contributed by atoms with Crippen molar-refractivity contribution >= 4 is 11.9 Å². The number of benzene rings is 1. The third kappa shape index (κ3) is 4.62. The molecule has 0 aromatic heterocycles. The fourth-order valence-corrected chi connectivity index (χ4v) is 1.56. The van der Waals surface area contributed by atoms with Gasteiger partial charge in [-0.05, 0) is 38.5 Å². The summed E-state index contributed by atoms with van der Waals surface area (Å²) in [5.41, 5.74) is 4.79. The van der Waals surface area contributed by atoms with Gasteiger partial charge in [-0.15, -0.1) is 0 Å². The molecule has 2 N–H and O–H groups in total. The maximum Gasteiger partial charge on any atom is 0.349 e. The normalized spacial score (nSPS) is 10.9. The Labute approximate surface area is 112 Å². The van der Waals surface area contributed by atoms with E-state index in [9.17, 15) is 9.59 Å². The van der Waals surface area contributed by atoms with Crippen molar-refractivity contribution < 1.29 is 19.1 Å². The van der Waals surface area contributed by atoms with Crippen LogP contribution in [0.15, 0.2) is 24.3 Å². The van der Waals surface area contributed by atoms with Crippen LogP contribution in [0.5, 0.6) is 5.75 Å². The fraction of sp³-hybridized carbons (Fsp3) is 0.429. The van der Waals surface area contributed by atoms with Crippen molar-refractivity contribution in [2.45, 2.75) is 32.8 Å². The van der Waals surface area contributed by atoms with Gasteiger partial charge in [0.1, 0.15) is 5.75 Å². The average Bonchev–Trinajstić information content (AvgIpc) is 2.28. The van der Waals surface area contributed by atoms with Crippen LogP contribution in [0.3, 0.4) is 0 Å². The molecule has 0 aliphatic heterocycles. The number of hydrogen-bond donors (Lipinski definition) is 1. The highest BCUT2D eigenvalue weighted by Crippen LogP contribution is 2.21. The predicted molar refractivity (Wildman–Crippen MR) is 70.7 cm³/mol. The Balaban J connectivity index is 2.81. The molecule has 0 aliphatic rings. The first-order chi connectivity index (χ1) is 8.85. The van der Waals surface area contributed by atoms with Crippen LogP contribution in [0.4, 0.5) is 0 Å². The number of rotatable bonds is 6. The van der Waals surface area contributed by atoms with E-state index < -0.39 is 17.5 Å². The van der Waals surface area contributed by atoms with Crippen molar-refractivity contribution in [1.82, 2.24) is 0 Å². The Bertz CT molecular complexity index is 468. The summed E-state index contributed by atoms with van der Waals surface area (Å²) in [6.45, 7) is 5.30. The molecule has 0 bridgehead atoms. The molecule has 1 rings (SSSR count).